The summed E-state index contributed by atoms with van der Waals surface area (Å²) in [6.45, 7) is 0.615. The number of aryl methyl sites for hydroxylation is 3. The minimum atomic E-state index is -0.360. The van der Waals surface area contributed by atoms with Crippen LogP contribution in [-0.2, 0) is 28.9 Å². The number of aromatic nitrogens is 2. The van der Waals surface area contributed by atoms with Crippen LogP contribution < -0.4 is 5.56 Å². The Morgan fingerprint density at radius 1 is 1.25 bits per heavy atom. The number of nitrogens with zero attached hydrogens (tertiary/aromatic N) is 3. The Morgan fingerprint density at radius 3 is 2.82 bits per heavy atom. The molecule has 8 heteroatoms. The average molecular weight is 403 g/mol. The van der Waals surface area contributed by atoms with E-state index in [0.29, 0.717) is 25.2 Å². The summed E-state index contributed by atoms with van der Waals surface area (Å²) in [4.78, 5) is 50.4. The van der Waals surface area contributed by atoms with Crippen LogP contribution in [0.1, 0.15) is 48.4 Å². The van der Waals surface area contributed by atoms with Crippen LogP contribution in [0.2, 0.25) is 0 Å². The lowest BCUT2D eigenvalue weighted by atomic mass is 9.97. The van der Waals surface area contributed by atoms with Crippen molar-refractivity contribution >= 4 is 33.4 Å². The summed E-state index contributed by atoms with van der Waals surface area (Å²) in [7, 11) is 3.43. The summed E-state index contributed by atoms with van der Waals surface area (Å²) in [6, 6.07) is -0.360. The molecule has 1 saturated heterocycles. The number of amides is 2. The number of thiophene rings is 1. The van der Waals surface area contributed by atoms with E-state index in [1.807, 2.05) is 0 Å². The monoisotopic (exact) mass is 402 g/mol. The molecule has 0 radical (unpaired) electrons. The molecule has 1 aliphatic heterocycles. The number of likely N-dealkylation sites (tertiary alicyclic amines) is 1. The van der Waals surface area contributed by atoms with Gasteiger partial charge in [-0.1, -0.05) is 0 Å². The maximum absolute atomic E-state index is 12.7. The van der Waals surface area contributed by atoms with E-state index in [2.05, 4.69) is 9.97 Å². The third kappa shape index (κ3) is 3.45. The van der Waals surface area contributed by atoms with E-state index < -0.39 is 0 Å². The van der Waals surface area contributed by atoms with E-state index in [1.165, 1.54) is 16.9 Å². The fourth-order valence-electron chi connectivity index (χ4n) is 4.32. The van der Waals surface area contributed by atoms with Gasteiger partial charge in [0.25, 0.3) is 5.56 Å². The Bertz CT molecular complexity index is 978. The lowest BCUT2D eigenvalue weighted by Gasteiger charge is -2.26. The molecule has 1 N–H and O–H groups in total. The molecule has 1 unspecified atom stereocenters. The zero-order chi connectivity index (χ0) is 19.8. The van der Waals surface area contributed by atoms with E-state index in [1.54, 1.807) is 35.2 Å². The highest BCUT2D eigenvalue weighted by Crippen LogP contribution is 2.33. The van der Waals surface area contributed by atoms with Crippen molar-refractivity contribution in [3.63, 3.8) is 0 Å². The lowest BCUT2D eigenvalue weighted by Crippen LogP contribution is -2.45. The molecule has 0 aromatic carbocycles. The van der Waals surface area contributed by atoms with Gasteiger partial charge in [-0.2, -0.15) is 0 Å². The highest BCUT2D eigenvalue weighted by molar-refractivity contribution is 7.18. The Labute approximate surface area is 167 Å². The highest BCUT2D eigenvalue weighted by Gasteiger charge is 2.34. The number of carbonyl (C=O) groups excluding carboxylic acids is 2. The van der Waals surface area contributed by atoms with Crippen LogP contribution >= 0.6 is 11.3 Å². The quantitative estimate of drug-likeness (QED) is 0.846. The van der Waals surface area contributed by atoms with E-state index in [0.717, 1.165) is 35.9 Å². The van der Waals surface area contributed by atoms with Crippen molar-refractivity contribution < 1.29 is 9.59 Å². The third-order valence-electron chi connectivity index (χ3n) is 5.75. The zero-order valence-corrected chi connectivity index (χ0v) is 17.2. The molecule has 2 aromatic heterocycles. The molecule has 0 bridgehead atoms. The second-order valence-corrected chi connectivity index (χ2v) is 8.97. The van der Waals surface area contributed by atoms with Crippen LogP contribution in [0.5, 0.6) is 0 Å². The zero-order valence-electron chi connectivity index (χ0n) is 16.4. The number of hydrogen-bond acceptors (Lipinski definition) is 5. The van der Waals surface area contributed by atoms with Gasteiger partial charge in [0, 0.05) is 38.4 Å². The van der Waals surface area contributed by atoms with Crippen molar-refractivity contribution in [1.29, 1.82) is 0 Å². The van der Waals surface area contributed by atoms with Crippen LogP contribution in [0.15, 0.2) is 4.79 Å². The fourth-order valence-corrected chi connectivity index (χ4v) is 5.60. The van der Waals surface area contributed by atoms with Gasteiger partial charge in [0.2, 0.25) is 11.8 Å². The van der Waals surface area contributed by atoms with Crippen molar-refractivity contribution in [2.24, 2.45) is 0 Å². The van der Waals surface area contributed by atoms with Crippen LogP contribution in [0.4, 0.5) is 0 Å². The average Bonchev–Trinajstić information content (AvgIpc) is 3.29. The predicted molar refractivity (Wildman–Crippen MR) is 109 cm³/mol. The highest BCUT2D eigenvalue weighted by atomic mass is 32.1. The largest absolute Gasteiger partial charge is 0.347 e. The second-order valence-electron chi connectivity index (χ2n) is 7.88. The molecule has 0 saturated carbocycles. The lowest BCUT2D eigenvalue weighted by molar-refractivity contribution is -0.142. The first-order chi connectivity index (χ1) is 13.5. The van der Waals surface area contributed by atoms with Gasteiger partial charge in [0.1, 0.15) is 16.7 Å². The fraction of sp³-hybridized carbons (Fsp3) is 0.600. The van der Waals surface area contributed by atoms with Crippen molar-refractivity contribution in [2.45, 2.75) is 57.4 Å². The maximum atomic E-state index is 12.7. The van der Waals surface area contributed by atoms with Crippen molar-refractivity contribution in [3.8, 4) is 0 Å². The minimum Gasteiger partial charge on any atom is -0.347 e. The molecule has 150 valence electrons. The van der Waals surface area contributed by atoms with Gasteiger partial charge >= 0.3 is 0 Å². The molecule has 1 atom stereocenters. The molecular formula is C20H26N4O3S. The molecular weight excluding hydrogens is 376 g/mol. The summed E-state index contributed by atoms with van der Waals surface area (Å²) in [5.74, 6) is 0.480. The molecule has 2 amide bonds. The number of rotatable bonds is 4. The maximum Gasteiger partial charge on any atom is 0.259 e. The van der Waals surface area contributed by atoms with Gasteiger partial charge in [-0.25, -0.2) is 4.98 Å². The first kappa shape index (κ1) is 19.1. The third-order valence-corrected chi connectivity index (χ3v) is 6.93. The second kappa shape index (κ2) is 7.66. The van der Waals surface area contributed by atoms with Crippen LogP contribution in [0, 0.1) is 0 Å². The van der Waals surface area contributed by atoms with Crippen LogP contribution in [-0.4, -0.2) is 58.3 Å². The smallest absolute Gasteiger partial charge is 0.259 e. The van der Waals surface area contributed by atoms with Crippen LogP contribution in [0.25, 0.3) is 10.2 Å². The number of aromatic amines is 1. The van der Waals surface area contributed by atoms with Crippen molar-refractivity contribution in [2.75, 3.05) is 20.6 Å². The van der Waals surface area contributed by atoms with Gasteiger partial charge in [0.15, 0.2) is 0 Å². The van der Waals surface area contributed by atoms with Gasteiger partial charge in [0.05, 0.1) is 5.39 Å². The molecule has 7 nitrogen and oxygen atoms in total. The summed E-state index contributed by atoms with van der Waals surface area (Å²) in [5, 5.41) is 0.742. The summed E-state index contributed by atoms with van der Waals surface area (Å²) >= 11 is 1.62. The Hall–Kier alpha value is -2.22. The molecule has 4 rings (SSSR count). The minimum absolute atomic E-state index is 0.0250. The first-order valence-electron chi connectivity index (χ1n) is 10.00. The number of fused-ring (bicyclic) bond motifs is 3. The molecule has 0 spiro atoms. The summed E-state index contributed by atoms with van der Waals surface area (Å²) in [6.07, 6.45) is 6.46. The van der Waals surface area contributed by atoms with E-state index >= 15 is 0 Å². The van der Waals surface area contributed by atoms with Gasteiger partial charge < -0.3 is 14.8 Å². The first-order valence-corrected chi connectivity index (χ1v) is 10.8. The Morgan fingerprint density at radius 2 is 2.04 bits per heavy atom. The molecule has 1 fully saturated rings. The van der Waals surface area contributed by atoms with Crippen molar-refractivity contribution in [3.05, 3.63) is 26.6 Å². The topological polar surface area (TPSA) is 86.4 Å². The SMILES string of the molecule is CN(C)C(=O)C1CCCN1C(=O)CCc1nc2sc3c(c2c(=O)[nH]1)CCCC3. The molecule has 3 heterocycles. The predicted octanol–water partition coefficient (Wildman–Crippen LogP) is 1.88. The Kier molecular flexibility index (Phi) is 5.23. The Balaban J connectivity index is 1.49. The van der Waals surface area contributed by atoms with E-state index in [4.69, 9.17) is 0 Å². The number of likely N-dealkylation sites (N-methyl/N-ethyl adjacent to an activating group) is 1. The standard InChI is InChI=1S/C20H26N4O3S/c1-23(2)20(27)13-7-5-11-24(13)16(25)10-9-15-21-18(26)17-12-6-3-4-8-14(12)28-19(17)22-15/h13H,3-11H2,1-2H3,(H,21,22,26). The summed E-state index contributed by atoms with van der Waals surface area (Å²) < 4.78 is 0. The van der Waals surface area contributed by atoms with E-state index in [9.17, 15) is 14.4 Å². The number of hydrogen-bond donors (Lipinski definition) is 1. The molecule has 28 heavy (non-hydrogen) atoms. The number of H-pyrrole nitrogens is 1. The van der Waals surface area contributed by atoms with Gasteiger partial charge in [-0.15, -0.1) is 11.3 Å². The number of nitrogens with one attached hydrogen (secondary N) is 1. The number of carbonyl (C=O) groups is 2. The summed E-state index contributed by atoms with van der Waals surface area (Å²) in [5.41, 5.74) is 1.08. The van der Waals surface area contributed by atoms with E-state index in [-0.39, 0.29) is 29.8 Å². The molecule has 2 aromatic rings. The molecule has 2 aliphatic rings. The van der Waals surface area contributed by atoms with Gasteiger partial charge in [-0.3, -0.25) is 14.4 Å². The van der Waals surface area contributed by atoms with Gasteiger partial charge in [-0.05, 0) is 44.1 Å². The van der Waals surface area contributed by atoms with Crippen molar-refractivity contribution in [1.82, 2.24) is 19.8 Å². The molecule has 1 aliphatic carbocycles. The van der Waals surface area contributed by atoms with Crippen LogP contribution in [0.3, 0.4) is 0 Å². The normalized spacial score (nSPS) is 19.1.